The molecule has 12 heteroatoms. The number of guanidine groups is 2. The van der Waals surface area contributed by atoms with E-state index in [9.17, 15) is 9.59 Å². The Bertz CT molecular complexity index is 1470. The number of hydrogen-bond acceptors (Lipinski definition) is 6. The quantitative estimate of drug-likeness (QED) is 0.173. The third-order valence-electron chi connectivity index (χ3n) is 4.65. The highest BCUT2D eigenvalue weighted by Crippen LogP contribution is 2.25. The fourth-order valence-corrected chi connectivity index (χ4v) is 3.32. The van der Waals surface area contributed by atoms with Crippen LogP contribution in [0.2, 0.25) is 10.0 Å². The molecular formula is C24H18Cl2N6O4. The average molecular weight is 525 g/mol. The summed E-state index contributed by atoms with van der Waals surface area (Å²) in [5.74, 6) is -1.16. The molecule has 4 aromatic rings. The van der Waals surface area contributed by atoms with Gasteiger partial charge < -0.3 is 20.3 Å². The van der Waals surface area contributed by atoms with E-state index in [4.69, 9.17) is 43.5 Å². The van der Waals surface area contributed by atoms with Crippen LogP contribution in [0.1, 0.15) is 21.1 Å². The van der Waals surface area contributed by atoms with Gasteiger partial charge in [-0.1, -0.05) is 35.3 Å². The van der Waals surface area contributed by atoms with Gasteiger partial charge in [-0.2, -0.15) is 0 Å². The molecule has 2 aromatic heterocycles. The molecule has 0 bridgehead atoms. The molecule has 0 aliphatic rings. The molecule has 0 spiro atoms. The minimum absolute atomic E-state index is 0.00307. The maximum Gasteiger partial charge on any atom is 0.293 e. The Morgan fingerprint density at radius 3 is 1.72 bits per heavy atom. The zero-order valence-electron chi connectivity index (χ0n) is 18.4. The smallest absolute Gasteiger partial charge is 0.293 e. The van der Waals surface area contributed by atoms with Gasteiger partial charge in [0.15, 0.2) is 11.5 Å². The summed E-state index contributed by atoms with van der Waals surface area (Å²) in [4.78, 5) is 24.7. The van der Waals surface area contributed by atoms with Crippen molar-refractivity contribution in [3.8, 4) is 22.6 Å². The fourth-order valence-electron chi connectivity index (χ4n) is 3.00. The summed E-state index contributed by atoms with van der Waals surface area (Å²) in [6.07, 6.45) is 0. The highest BCUT2D eigenvalue weighted by Gasteiger charge is 2.15. The van der Waals surface area contributed by atoms with Crippen LogP contribution in [-0.4, -0.2) is 23.7 Å². The van der Waals surface area contributed by atoms with Gasteiger partial charge in [-0.25, -0.2) is 0 Å². The van der Waals surface area contributed by atoms with Gasteiger partial charge in [0.1, 0.15) is 11.5 Å². The normalized spacial score (nSPS) is 11.8. The van der Waals surface area contributed by atoms with E-state index in [0.717, 1.165) is 5.56 Å². The molecular weight excluding hydrogens is 507 g/mol. The summed E-state index contributed by atoms with van der Waals surface area (Å²) >= 11 is 11.9. The summed E-state index contributed by atoms with van der Waals surface area (Å²) in [6.45, 7) is 0. The van der Waals surface area contributed by atoms with Crippen LogP contribution in [0.5, 0.6) is 0 Å². The molecule has 0 saturated carbocycles. The first kappa shape index (κ1) is 24.6. The molecule has 6 N–H and O–H groups in total. The molecule has 0 unspecified atom stereocenters. The molecule has 2 heterocycles. The van der Waals surface area contributed by atoms with Crippen molar-refractivity contribution in [3.63, 3.8) is 0 Å². The molecule has 4 rings (SSSR count). The first-order valence-electron chi connectivity index (χ1n) is 10.3. The molecule has 2 amide bonds. The second-order valence-corrected chi connectivity index (χ2v) is 8.10. The topological polar surface area (TPSA) is 161 Å². The van der Waals surface area contributed by atoms with Gasteiger partial charge in [-0.05, 0) is 60.7 Å². The molecule has 0 atom stereocenters. The number of nitrogens with two attached hydrogens (primary N) is 2. The maximum absolute atomic E-state index is 12.4. The zero-order chi connectivity index (χ0) is 25.7. The summed E-state index contributed by atoms with van der Waals surface area (Å²) < 4.78 is 11.1. The standard InChI is InChI=1S/C24H18Cl2N6O4/c25-15-6-4-13(5-7-15)17-8-10-19(35-17)21(33)29-23(27)31-32-24(28)30-22(34)20-11-9-18(36-20)14-2-1-3-16(26)12-14/h1-12H,(H3,27,29,31,33)(H3,28,30,32,34). The highest BCUT2D eigenvalue weighted by molar-refractivity contribution is 6.31. The molecule has 36 heavy (non-hydrogen) atoms. The first-order valence-corrected chi connectivity index (χ1v) is 11.0. The average Bonchev–Trinajstić information content (AvgIpc) is 3.54. The van der Waals surface area contributed by atoms with Crippen molar-refractivity contribution in [1.82, 2.24) is 10.6 Å². The number of rotatable bonds is 5. The zero-order valence-corrected chi connectivity index (χ0v) is 19.9. The Morgan fingerprint density at radius 2 is 1.19 bits per heavy atom. The Morgan fingerprint density at radius 1 is 0.667 bits per heavy atom. The number of benzene rings is 2. The van der Waals surface area contributed by atoms with Crippen LogP contribution in [0, 0.1) is 0 Å². The lowest BCUT2D eigenvalue weighted by atomic mass is 10.2. The highest BCUT2D eigenvalue weighted by atomic mass is 35.5. The van der Waals surface area contributed by atoms with Crippen LogP contribution < -0.4 is 22.1 Å². The molecule has 0 fully saturated rings. The van der Waals surface area contributed by atoms with Crippen LogP contribution in [0.3, 0.4) is 0 Å². The van der Waals surface area contributed by atoms with Crippen molar-refractivity contribution in [1.29, 1.82) is 0 Å². The second-order valence-electron chi connectivity index (χ2n) is 7.22. The lowest BCUT2D eigenvalue weighted by molar-refractivity contribution is 0.0942. The van der Waals surface area contributed by atoms with Gasteiger partial charge in [0.2, 0.25) is 11.9 Å². The Kier molecular flexibility index (Phi) is 7.38. The van der Waals surface area contributed by atoms with E-state index in [-0.39, 0.29) is 23.4 Å². The van der Waals surface area contributed by atoms with Crippen LogP contribution >= 0.6 is 23.2 Å². The SMILES string of the molecule is NC(=NN=C(N)NC(=O)c1ccc(-c2cccc(Cl)c2)o1)NC(=O)c1ccc(-c2ccc(Cl)cc2)o1. The van der Waals surface area contributed by atoms with Crippen molar-refractivity contribution < 1.29 is 18.4 Å². The van der Waals surface area contributed by atoms with Crippen molar-refractivity contribution in [2.75, 3.05) is 0 Å². The molecule has 10 nitrogen and oxygen atoms in total. The third kappa shape index (κ3) is 6.12. The number of nitrogens with one attached hydrogen (secondary N) is 2. The van der Waals surface area contributed by atoms with E-state index in [0.29, 0.717) is 27.1 Å². The van der Waals surface area contributed by atoms with Gasteiger partial charge in [0.05, 0.1) is 0 Å². The molecule has 0 aliphatic carbocycles. The van der Waals surface area contributed by atoms with Gasteiger partial charge in [-0.3, -0.25) is 20.2 Å². The van der Waals surface area contributed by atoms with Crippen molar-refractivity contribution in [2.24, 2.45) is 21.7 Å². The lowest BCUT2D eigenvalue weighted by Gasteiger charge is -2.02. The lowest BCUT2D eigenvalue weighted by Crippen LogP contribution is -2.38. The second kappa shape index (κ2) is 10.8. The van der Waals surface area contributed by atoms with Gasteiger partial charge >= 0.3 is 0 Å². The maximum atomic E-state index is 12.4. The minimum Gasteiger partial charge on any atom is -0.451 e. The van der Waals surface area contributed by atoms with E-state index >= 15 is 0 Å². The molecule has 182 valence electrons. The Balaban J connectivity index is 1.34. The van der Waals surface area contributed by atoms with Crippen LogP contribution in [0.15, 0.2) is 91.8 Å². The largest absolute Gasteiger partial charge is 0.451 e. The number of carbonyl (C=O) groups is 2. The van der Waals surface area contributed by atoms with Gasteiger partial charge in [0, 0.05) is 21.2 Å². The van der Waals surface area contributed by atoms with Gasteiger partial charge in [-0.15, -0.1) is 10.2 Å². The number of nitrogens with zero attached hydrogens (tertiary/aromatic N) is 2. The van der Waals surface area contributed by atoms with Crippen LogP contribution in [0.25, 0.3) is 22.6 Å². The molecule has 2 aromatic carbocycles. The van der Waals surface area contributed by atoms with Crippen molar-refractivity contribution >= 4 is 46.9 Å². The summed E-state index contributed by atoms with van der Waals surface area (Å²) in [6, 6.07) is 20.1. The number of furan rings is 2. The summed E-state index contributed by atoms with van der Waals surface area (Å²) in [5.41, 5.74) is 12.8. The van der Waals surface area contributed by atoms with Gasteiger partial charge in [0.25, 0.3) is 11.8 Å². The number of carbonyl (C=O) groups excluding carboxylic acids is 2. The van der Waals surface area contributed by atoms with E-state index in [1.165, 1.54) is 12.1 Å². The van der Waals surface area contributed by atoms with E-state index in [1.807, 2.05) is 0 Å². The summed E-state index contributed by atoms with van der Waals surface area (Å²) in [7, 11) is 0. The van der Waals surface area contributed by atoms with Crippen LogP contribution in [-0.2, 0) is 0 Å². The number of amides is 2. The fraction of sp³-hybridized carbons (Fsp3) is 0. The predicted molar refractivity (Wildman–Crippen MR) is 136 cm³/mol. The Labute approximate surface area is 214 Å². The van der Waals surface area contributed by atoms with E-state index in [1.54, 1.807) is 60.7 Å². The molecule has 0 aliphatic heterocycles. The number of hydrogen-bond donors (Lipinski definition) is 4. The van der Waals surface area contributed by atoms with Crippen LogP contribution in [0.4, 0.5) is 0 Å². The summed E-state index contributed by atoms with van der Waals surface area (Å²) in [5, 5.41) is 12.9. The molecule has 0 radical (unpaired) electrons. The first-order chi connectivity index (χ1) is 17.3. The van der Waals surface area contributed by atoms with Crippen molar-refractivity contribution in [3.05, 3.63) is 94.4 Å². The van der Waals surface area contributed by atoms with Crippen molar-refractivity contribution in [2.45, 2.75) is 0 Å². The number of halogens is 2. The predicted octanol–water partition coefficient (Wildman–Crippen LogP) is 4.22. The molecule has 0 saturated heterocycles. The monoisotopic (exact) mass is 524 g/mol. The minimum atomic E-state index is -0.660. The van der Waals surface area contributed by atoms with E-state index < -0.39 is 11.8 Å². The third-order valence-corrected chi connectivity index (χ3v) is 5.13. The Hall–Kier alpha value is -4.54. The van der Waals surface area contributed by atoms with E-state index in [2.05, 4.69) is 20.8 Å².